The molecule has 0 spiro atoms. The largest absolute Gasteiger partial charge is 0.441 e. The fraction of sp³-hybridized carbons (Fsp3) is 0.778. The second-order valence-electron chi connectivity index (χ2n) is 9.12. The third-order valence-electron chi connectivity index (χ3n) is 5.46. The van der Waals surface area contributed by atoms with Gasteiger partial charge in [0.1, 0.15) is 5.92 Å². The first kappa shape index (κ1) is 22.1. The van der Waals surface area contributed by atoms with Crippen molar-refractivity contribution < 1.29 is 18.8 Å². The molecular formula is C18H35NO4Si2. The Morgan fingerprint density at radius 1 is 1.32 bits per heavy atom. The van der Waals surface area contributed by atoms with Gasteiger partial charge in [-0.1, -0.05) is 39.9 Å². The van der Waals surface area contributed by atoms with E-state index in [1.54, 1.807) is 4.57 Å². The number of hydrogen-bond acceptors (Lipinski definition) is 4. The number of β-lactam (4-membered cyclic amide) rings is 1. The average molecular weight is 386 g/mol. The Morgan fingerprint density at radius 3 is 2.24 bits per heavy atom. The van der Waals surface area contributed by atoms with E-state index in [2.05, 4.69) is 53.5 Å². The molecule has 7 heteroatoms. The summed E-state index contributed by atoms with van der Waals surface area (Å²) in [4.78, 5) is 24.5. The summed E-state index contributed by atoms with van der Waals surface area (Å²) < 4.78 is 13.7. The lowest BCUT2D eigenvalue weighted by atomic mass is 9.93. The lowest BCUT2D eigenvalue weighted by Gasteiger charge is -2.55. The highest BCUT2D eigenvalue weighted by molar-refractivity contribution is 6.77. The number of carbonyl (C=O) groups is 2. The van der Waals surface area contributed by atoms with Gasteiger partial charge in [-0.3, -0.25) is 9.59 Å². The first-order valence-corrected chi connectivity index (χ1v) is 15.0. The molecule has 2 unspecified atom stereocenters. The Morgan fingerprint density at radius 2 is 1.84 bits per heavy atom. The number of rotatable bonds is 7. The van der Waals surface area contributed by atoms with E-state index in [-0.39, 0.29) is 23.0 Å². The van der Waals surface area contributed by atoms with Gasteiger partial charge in [0.05, 0.1) is 6.10 Å². The van der Waals surface area contributed by atoms with Gasteiger partial charge in [0.25, 0.3) is 0 Å². The molecule has 1 aliphatic rings. The summed E-state index contributed by atoms with van der Waals surface area (Å²) in [6.45, 7) is 22.2. The second-order valence-corrected chi connectivity index (χ2v) is 18.4. The molecule has 0 N–H and O–H groups in total. The van der Waals surface area contributed by atoms with Crippen LogP contribution >= 0.6 is 0 Å². The zero-order valence-corrected chi connectivity index (χ0v) is 19.3. The number of carbonyl (C=O) groups excluding carboxylic acids is 2. The van der Waals surface area contributed by atoms with E-state index >= 15 is 0 Å². The Bertz CT molecular complexity index is 540. The highest BCUT2D eigenvalue weighted by Crippen LogP contribution is 2.42. The Labute approximate surface area is 155 Å². The summed E-state index contributed by atoms with van der Waals surface area (Å²) in [6, 6.07) is 0.765. The minimum atomic E-state index is -2.05. The molecule has 25 heavy (non-hydrogen) atoms. The molecule has 0 aromatic rings. The Hall–Kier alpha value is -0.926. The van der Waals surface area contributed by atoms with Crippen LogP contribution in [0.3, 0.4) is 0 Å². The van der Waals surface area contributed by atoms with Gasteiger partial charge in [0.15, 0.2) is 22.8 Å². The number of hydrogen-bond donors (Lipinski definition) is 0. The number of allylic oxidation sites excluding steroid dienone is 1. The zero-order chi connectivity index (χ0) is 19.8. The van der Waals surface area contributed by atoms with Crippen LogP contribution in [0.2, 0.25) is 37.3 Å². The molecule has 1 rings (SSSR count). The summed E-state index contributed by atoms with van der Waals surface area (Å²) in [6.07, 6.45) is 1.04. The monoisotopic (exact) mass is 385 g/mol. The fourth-order valence-corrected chi connectivity index (χ4v) is 7.00. The van der Waals surface area contributed by atoms with E-state index in [4.69, 9.17) is 9.16 Å². The van der Waals surface area contributed by atoms with Crippen molar-refractivity contribution in [3.05, 3.63) is 12.7 Å². The van der Waals surface area contributed by atoms with E-state index in [1.165, 1.54) is 6.92 Å². The van der Waals surface area contributed by atoms with Crippen LogP contribution in [0.5, 0.6) is 0 Å². The number of amides is 1. The second kappa shape index (κ2) is 7.36. The molecule has 0 radical (unpaired) electrons. The first-order valence-electron chi connectivity index (χ1n) is 8.95. The van der Waals surface area contributed by atoms with Crippen LogP contribution in [0.25, 0.3) is 0 Å². The molecule has 0 aromatic heterocycles. The molecule has 1 amide bonds. The molecule has 0 saturated carbocycles. The maximum atomic E-state index is 12.9. The molecule has 1 saturated heterocycles. The molecule has 144 valence electrons. The van der Waals surface area contributed by atoms with Gasteiger partial charge in [0.2, 0.25) is 5.91 Å². The van der Waals surface area contributed by atoms with E-state index in [0.29, 0.717) is 0 Å². The van der Waals surface area contributed by atoms with Crippen molar-refractivity contribution in [3.8, 4) is 0 Å². The van der Waals surface area contributed by atoms with Crippen LogP contribution in [0, 0.1) is 5.92 Å². The van der Waals surface area contributed by atoms with Gasteiger partial charge in [-0.2, -0.15) is 0 Å². The van der Waals surface area contributed by atoms with Crippen molar-refractivity contribution in [2.75, 3.05) is 0 Å². The van der Waals surface area contributed by atoms with Gasteiger partial charge < -0.3 is 13.7 Å². The third-order valence-corrected chi connectivity index (χ3v) is 13.1. The van der Waals surface area contributed by atoms with Gasteiger partial charge in [-0.15, -0.1) is 6.58 Å². The molecule has 1 fully saturated rings. The minimum Gasteiger partial charge on any atom is -0.441 e. The molecular weight excluding hydrogens is 350 g/mol. The van der Waals surface area contributed by atoms with E-state index in [1.807, 2.05) is 13.0 Å². The topological polar surface area (TPSA) is 55.8 Å². The maximum absolute atomic E-state index is 12.9. The van der Waals surface area contributed by atoms with Crippen molar-refractivity contribution in [1.82, 2.24) is 4.57 Å². The third kappa shape index (κ3) is 4.62. The van der Waals surface area contributed by atoms with Crippen LogP contribution in [0.4, 0.5) is 0 Å². The van der Waals surface area contributed by atoms with Crippen molar-refractivity contribution in [1.29, 1.82) is 0 Å². The predicted molar refractivity (Wildman–Crippen MR) is 106 cm³/mol. The standard InChI is InChI=1S/C18H35NO4Si2/c1-11-12-24(7,8)19-16(21)15(17(19)22-14(3)20)13(2)23-25(9,10)18(4,5)6/h11,13,15,17H,1,12H2,2-10H3/t13-,15?,17?/m1/s1. The van der Waals surface area contributed by atoms with Gasteiger partial charge in [-0.05, 0) is 31.1 Å². The summed E-state index contributed by atoms with van der Waals surface area (Å²) in [5.74, 6) is -0.749. The highest BCUT2D eigenvalue weighted by atomic mass is 28.4. The molecule has 3 atom stereocenters. The maximum Gasteiger partial charge on any atom is 0.304 e. The normalized spacial score (nSPS) is 23.1. The van der Waals surface area contributed by atoms with Crippen molar-refractivity contribution in [3.63, 3.8) is 0 Å². The van der Waals surface area contributed by atoms with Crippen LogP contribution in [-0.4, -0.2) is 45.3 Å². The lowest BCUT2D eigenvalue weighted by molar-refractivity contribution is -0.193. The molecule has 1 heterocycles. The number of esters is 1. The average Bonchev–Trinajstić information content (AvgIpc) is 2.34. The first-order chi connectivity index (χ1) is 11.2. The lowest BCUT2D eigenvalue weighted by Crippen LogP contribution is -2.73. The molecule has 0 aromatic carbocycles. The van der Waals surface area contributed by atoms with Crippen LogP contribution < -0.4 is 0 Å². The Kier molecular flexibility index (Phi) is 6.51. The van der Waals surface area contributed by atoms with E-state index in [9.17, 15) is 9.59 Å². The SMILES string of the molecule is C=CC[Si](C)(C)N1C(=O)C([C@@H](C)O[Si](C)(C)C(C)(C)C)C1OC(C)=O. The van der Waals surface area contributed by atoms with E-state index < -0.39 is 28.7 Å². The summed E-state index contributed by atoms with van der Waals surface area (Å²) in [5, 5.41) is 0.0571. The van der Waals surface area contributed by atoms with Gasteiger partial charge in [0, 0.05) is 6.92 Å². The van der Waals surface area contributed by atoms with Crippen LogP contribution in [0.1, 0.15) is 34.6 Å². The number of ether oxygens (including phenoxy) is 1. The van der Waals surface area contributed by atoms with Crippen molar-refractivity contribution in [2.45, 2.75) is 84.2 Å². The van der Waals surface area contributed by atoms with Crippen molar-refractivity contribution >= 4 is 28.4 Å². The molecule has 1 aliphatic heterocycles. The quantitative estimate of drug-likeness (QED) is 0.286. The summed E-state index contributed by atoms with van der Waals surface area (Å²) in [7, 11) is -4.06. The molecule has 0 bridgehead atoms. The number of nitrogens with zero attached hydrogens (tertiary/aromatic N) is 1. The molecule has 0 aliphatic carbocycles. The van der Waals surface area contributed by atoms with E-state index in [0.717, 1.165) is 6.04 Å². The Balaban J connectivity index is 3.04. The zero-order valence-electron chi connectivity index (χ0n) is 17.3. The fourth-order valence-electron chi connectivity index (χ4n) is 3.02. The van der Waals surface area contributed by atoms with Crippen molar-refractivity contribution in [2.24, 2.45) is 5.92 Å². The van der Waals surface area contributed by atoms with Gasteiger partial charge in [-0.25, -0.2) is 0 Å². The minimum absolute atomic E-state index is 0.0379. The van der Waals surface area contributed by atoms with Crippen LogP contribution in [-0.2, 0) is 18.8 Å². The molecule has 5 nitrogen and oxygen atoms in total. The van der Waals surface area contributed by atoms with Crippen LogP contribution in [0.15, 0.2) is 12.7 Å². The smallest absolute Gasteiger partial charge is 0.304 e. The highest BCUT2D eigenvalue weighted by Gasteiger charge is 2.58. The van der Waals surface area contributed by atoms with Gasteiger partial charge >= 0.3 is 5.97 Å². The predicted octanol–water partition coefficient (Wildman–Crippen LogP) is 4.14. The summed E-state index contributed by atoms with van der Waals surface area (Å²) >= 11 is 0. The summed E-state index contributed by atoms with van der Waals surface area (Å²) in [5.41, 5.74) is 0.